The quantitative estimate of drug-likeness (QED) is 0.421. The zero-order valence-electron chi connectivity index (χ0n) is 18.8. The van der Waals surface area contributed by atoms with Gasteiger partial charge < -0.3 is 9.73 Å². The molecular formula is C19H20ClF3N6O4S3. The van der Waals surface area contributed by atoms with Crippen LogP contribution in [0.5, 0.6) is 0 Å². The minimum Gasteiger partial charge on any atom is -0.472 e. The molecule has 0 aliphatic carbocycles. The molecule has 3 aromatic rings. The number of carbonyl (C=O) groups is 1. The number of carbonyl (C=O) groups excluding carboxylic acids is 1. The van der Waals surface area contributed by atoms with Crippen molar-refractivity contribution in [3.63, 3.8) is 0 Å². The third kappa shape index (κ3) is 5.49. The maximum absolute atomic E-state index is 14.3. The van der Waals surface area contributed by atoms with E-state index in [2.05, 4.69) is 15.4 Å². The molecule has 4 rings (SSSR count). The number of halogens is 4. The first-order valence-corrected chi connectivity index (χ1v) is 13.9. The fourth-order valence-corrected chi connectivity index (χ4v) is 6.88. The number of rotatable bonds is 7. The highest BCUT2D eigenvalue weighted by molar-refractivity contribution is 7.98. The molecule has 17 heteroatoms. The number of alkyl halides is 3. The van der Waals surface area contributed by atoms with Crippen molar-refractivity contribution < 1.29 is 30.8 Å². The zero-order chi connectivity index (χ0) is 26.3. The van der Waals surface area contributed by atoms with Crippen molar-refractivity contribution in [1.29, 1.82) is 0 Å². The fourth-order valence-electron chi connectivity index (χ4n) is 3.54. The van der Waals surface area contributed by atoms with Crippen LogP contribution in [0, 0.1) is 0 Å². The van der Waals surface area contributed by atoms with Gasteiger partial charge in [-0.1, -0.05) is 23.4 Å². The second-order valence-corrected chi connectivity index (χ2v) is 12.6. The summed E-state index contributed by atoms with van der Waals surface area (Å²) < 4.78 is 75.7. The number of hydrogen-bond donors (Lipinski definition) is 1. The van der Waals surface area contributed by atoms with Gasteiger partial charge in [-0.05, 0) is 18.2 Å². The van der Waals surface area contributed by atoms with Gasteiger partial charge in [0.25, 0.3) is 16.1 Å². The Morgan fingerprint density at radius 2 is 2.11 bits per heavy atom. The lowest BCUT2D eigenvalue weighted by atomic mass is 10.0. The number of furan rings is 1. The molecule has 2 unspecified atom stereocenters. The van der Waals surface area contributed by atoms with Crippen molar-refractivity contribution in [2.24, 2.45) is 0 Å². The Morgan fingerprint density at radius 1 is 1.36 bits per heavy atom. The smallest absolute Gasteiger partial charge is 0.407 e. The number of thiophene rings is 1. The van der Waals surface area contributed by atoms with Crippen LogP contribution < -0.4 is 5.32 Å². The summed E-state index contributed by atoms with van der Waals surface area (Å²) in [5.41, 5.74) is 0.119. The molecule has 1 aliphatic rings. The fraction of sp³-hybridized carbons (Fsp3) is 0.421. The van der Waals surface area contributed by atoms with Crippen molar-refractivity contribution in [2.45, 2.75) is 29.2 Å². The maximum atomic E-state index is 14.3. The molecule has 0 spiro atoms. The van der Waals surface area contributed by atoms with Gasteiger partial charge >= 0.3 is 6.18 Å². The normalized spacial score (nSPS) is 19.8. The average Bonchev–Trinajstić information content (AvgIpc) is 3.57. The largest absolute Gasteiger partial charge is 0.472 e. The predicted octanol–water partition coefficient (Wildman–Crippen LogP) is 3.25. The van der Waals surface area contributed by atoms with Gasteiger partial charge in [-0.3, -0.25) is 4.79 Å². The summed E-state index contributed by atoms with van der Waals surface area (Å²) in [5, 5.41) is 6.83. The van der Waals surface area contributed by atoms with E-state index in [0.29, 0.717) is 14.4 Å². The van der Waals surface area contributed by atoms with Crippen LogP contribution in [0.1, 0.15) is 27.1 Å². The average molecular weight is 585 g/mol. The lowest BCUT2D eigenvalue weighted by Crippen LogP contribution is -2.62. The monoisotopic (exact) mass is 584 g/mol. The Kier molecular flexibility index (Phi) is 7.85. The molecule has 0 saturated carbocycles. The van der Waals surface area contributed by atoms with E-state index in [0.717, 1.165) is 39.7 Å². The van der Waals surface area contributed by atoms with Crippen LogP contribution in [0.25, 0.3) is 0 Å². The highest BCUT2D eigenvalue weighted by Crippen LogP contribution is 2.38. The molecule has 1 saturated heterocycles. The first kappa shape index (κ1) is 27.1. The lowest BCUT2D eigenvalue weighted by molar-refractivity contribution is -0.185. The molecule has 3 aromatic heterocycles. The van der Waals surface area contributed by atoms with Gasteiger partial charge in [0.1, 0.15) is 12.3 Å². The standard InChI is InChI=1S/C19H20ClF3N6O4S3/c1-27(2)36(31,32)28-7-6-24-14(15(28)19(21,22)23)16-25-18(34-10-12-3-4-13(20)35-12)29(26-16)17(30)11-5-8-33-9-11/h3-5,8-9,14-15,24H,6-7,10H2,1-2H3. The van der Waals surface area contributed by atoms with Gasteiger partial charge in [0.2, 0.25) is 0 Å². The van der Waals surface area contributed by atoms with Crippen LogP contribution in [0.4, 0.5) is 13.2 Å². The number of thioether (sulfide) groups is 1. The van der Waals surface area contributed by atoms with Crippen molar-refractivity contribution in [3.8, 4) is 0 Å². The van der Waals surface area contributed by atoms with Crippen molar-refractivity contribution >= 4 is 50.8 Å². The Labute approximate surface area is 217 Å². The van der Waals surface area contributed by atoms with E-state index in [-0.39, 0.29) is 23.1 Å². The maximum Gasteiger partial charge on any atom is 0.407 e. The van der Waals surface area contributed by atoms with E-state index < -0.39 is 40.9 Å². The van der Waals surface area contributed by atoms with Gasteiger partial charge in [-0.2, -0.15) is 34.9 Å². The molecule has 0 aromatic carbocycles. The molecule has 1 N–H and O–H groups in total. The van der Waals surface area contributed by atoms with Crippen LogP contribution in [-0.2, 0) is 16.0 Å². The highest BCUT2D eigenvalue weighted by atomic mass is 35.5. The molecule has 1 aliphatic heterocycles. The number of nitrogens with one attached hydrogen (secondary N) is 1. The summed E-state index contributed by atoms with van der Waals surface area (Å²) >= 11 is 8.36. The van der Waals surface area contributed by atoms with Gasteiger partial charge in [-0.25, -0.2) is 4.98 Å². The molecule has 2 atom stereocenters. The topological polar surface area (TPSA) is 114 Å². The first-order chi connectivity index (χ1) is 16.9. The van der Waals surface area contributed by atoms with E-state index in [1.165, 1.54) is 29.9 Å². The predicted molar refractivity (Wildman–Crippen MR) is 127 cm³/mol. The second-order valence-electron chi connectivity index (χ2n) is 7.80. The number of piperazine rings is 1. The summed E-state index contributed by atoms with van der Waals surface area (Å²) in [6.07, 6.45) is -2.50. The first-order valence-electron chi connectivity index (χ1n) is 10.3. The Balaban J connectivity index is 1.74. The minimum atomic E-state index is -4.96. The van der Waals surface area contributed by atoms with E-state index in [4.69, 9.17) is 16.0 Å². The van der Waals surface area contributed by atoms with Crippen molar-refractivity contribution in [2.75, 3.05) is 27.2 Å². The molecule has 0 radical (unpaired) electrons. The van der Waals surface area contributed by atoms with E-state index >= 15 is 0 Å². The third-order valence-corrected chi connectivity index (χ3v) is 9.54. The Bertz CT molecular complexity index is 1330. The molecular weight excluding hydrogens is 565 g/mol. The van der Waals surface area contributed by atoms with Crippen molar-refractivity contribution in [3.05, 3.63) is 51.3 Å². The van der Waals surface area contributed by atoms with Crippen LogP contribution in [0.2, 0.25) is 4.34 Å². The number of aromatic nitrogens is 3. The molecule has 36 heavy (non-hydrogen) atoms. The Morgan fingerprint density at radius 3 is 2.69 bits per heavy atom. The van der Waals surface area contributed by atoms with Crippen LogP contribution in [-0.4, -0.2) is 77.1 Å². The van der Waals surface area contributed by atoms with Gasteiger partial charge in [0, 0.05) is 37.8 Å². The zero-order valence-corrected chi connectivity index (χ0v) is 22.0. The molecule has 196 valence electrons. The highest BCUT2D eigenvalue weighted by Gasteiger charge is 2.55. The molecule has 10 nitrogen and oxygen atoms in total. The van der Waals surface area contributed by atoms with E-state index in [9.17, 15) is 26.4 Å². The molecule has 0 bridgehead atoms. The van der Waals surface area contributed by atoms with Gasteiger partial charge in [0.15, 0.2) is 11.0 Å². The minimum absolute atomic E-state index is 0.0380. The lowest BCUT2D eigenvalue weighted by Gasteiger charge is -2.41. The second kappa shape index (κ2) is 10.4. The van der Waals surface area contributed by atoms with E-state index in [1.54, 1.807) is 12.1 Å². The SMILES string of the molecule is CN(C)S(=O)(=O)N1CCNC(c2nc(SCc3ccc(Cl)s3)n(C(=O)c3ccoc3)n2)C1C(F)(F)F. The van der Waals surface area contributed by atoms with Crippen LogP contribution in [0.15, 0.2) is 40.3 Å². The third-order valence-electron chi connectivity index (χ3n) is 5.22. The number of hydrogen-bond acceptors (Lipinski definition) is 9. The summed E-state index contributed by atoms with van der Waals surface area (Å²) in [4.78, 5) is 18.1. The summed E-state index contributed by atoms with van der Waals surface area (Å²) in [6.45, 7) is -0.485. The van der Waals surface area contributed by atoms with E-state index in [1.807, 2.05) is 0 Å². The van der Waals surface area contributed by atoms with Crippen LogP contribution in [0.3, 0.4) is 0 Å². The molecule has 0 amide bonds. The molecule has 1 fully saturated rings. The number of nitrogens with zero attached hydrogens (tertiary/aromatic N) is 5. The van der Waals surface area contributed by atoms with Gasteiger partial charge in [0.05, 0.1) is 22.2 Å². The summed E-state index contributed by atoms with van der Waals surface area (Å²) in [6, 6.07) is 0.732. The van der Waals surface area contributed by atoms with Gasteiger partial charge in [-0.15, -0.1) is 16.4 Å². The molecule has 4 heterocycles. The van der Waals surface area contributed by atoms with Crippen LogP contribution >= 0.6 is 34.7 Å². The Hall–Kier alpha value is -1.95. The van der Waals surface area contributed by atoms with Crippen molar-refractivity contribution in [1.82, 2.24) is 28.7 Å². The summed E-state index contributed by atoms with van der Waals surface area (Å²) in [5.74, 6) is -0.693. The summed E-state index contributed by atoms with van der Waals surface area (Å²) in [7, 11) is -2.11.